The maximum atomic E-state index is 13.3. The average molecular weight is 666 g/mol. The summed E-state index contributed by atoms with van der Waals surface area (Å²) in [5.41, 5.74) is 10.3. The highest BCUT2D eigenvalue weighted by molar-refractivity contribution is 5.81. The Kier molecular flexibility index (Phi) is 22.8. The van der Waals surface area contributed by atoms with Crippen molar-refractivity contribution >= 4 is 17.7 Å². The average Bonchev–Trinajstić information content (AvgIpc) is 3.10. The van der Waals surface area contributed by atoms with Gasteiger partial charge in [0.05, 0.1) is 0 Å². The number of hydrogen-bond acceptors (Lipinski definition) is 3. The Morgan fingerprint density at radius 3 is 1.33 bits per heavy atom. The first-order valence-electron chi connectivity index (χ1n) is 19.0. The van der Waals surface area contributed by atoms with E-state index in [-0.39, 0.29) is 29.8 Å². The van der Waals surface area contributed by atoms with Gasteiger partial charge in [0, 0.05) is 45.4 Å². The quantitative estimate of drug-likeness (QED) is 0.0952. The molecule has 0 heterocycles. The highest BCUT2D eigenvalue weighted by atomic mass is 16.2. The van der Waals surface area contributed by atoms with Crippen LogP contribution in [0.3, 0.4) is 0 Å². The number of carbonyl (C=O) groups is 3. The fourth-order valence-electron chi connectivity index (χ4n) is 6.05. The highest BCUT2D eigenvalue weighted by Gasteiger charge is 2.19. The molecule has 0 saturated carbocycles. The summed E-state index contributed by atoms with van der Waals surface area (Å²) in [6.07, 6.45) is 19.7. The smallest absolute Gasteiger partial charge is 0.278 e. The molecule has 8 heteroatoms. The molecule has 0 aromatic heterocycles. The minimum absolute atomic E-state index is 0.0651. The number of rotatable bonds is 28. The van der Waals surface area contributed by atoms with Crippen LogP contribution in [-0.2, 0) is 27.2 Å². The van der Waals surface area contributed by atoms with E-state index in [9.17, 15) is 14.4 Å². The van der Waals surface area contributed by atoms with Crippen molar-refractivity contribution in [3.05, 3.63) is 71.8 Å². The lowest BCUT2D eigenvalue weighted by atomic mass is 10.0. The topological polar surface area (TPSA) is 134 Å². The van der Waals surface area contributed by atoms with Gasteiger partial charge in [-0.25, -0.2) is 0 Å². The van der Waals surface area contributed by atoms with E-state index >= 15 is 0 Å². The van der Waals surface area contributed by atoms with E-state index in [2.05, 4.69) is 29.0 Å². The lowest BCUT2D eigenvalue weighted by molar-refractivity contribution is -0.403. The Morgan fingerprint density at radius 1 is 0.562 bits per heavy atom. The Morgan fingerprint density at radius 2 is 0.938 bits per heavy atom. The van der Waals surface area contributed by atoms with Gasteiger partial charge in [0.2, 0.25) is 5.91 Å². The molecular weight excluding hydrogens is 598 g/mol. The Labute approximate surface area is 291 Å². The predicted molar refractivity (Wildman–Crippen MR) is 196 cm³/mol. The fraction of sp³-hybridized carbons (Fsp3) is 0.625. The van der Waals surface area contributed by atoms with Gasteiger partial charge in [0.15, 0.2) is 12.1 Å². The van der Waals surface area contributed by atoms with E-state index in [1.54, 1.807) is 0 Å². The van der Waals surface area contributed by atoms with Crippen molar-refractivity contribution in [2.24, 2.45) is 0 Å². The van der Waals surface area contributed by atoms with E-state index in [4.69, 9.17) is 0 Å². The molecule has 0 radical (unpaired) electrons. The maximum absolute atomic E-state index is 13.3. The van der Waals surface area contributed by atoms with Crippen molar-refractivity contribution in [1.82, 2.24) is 15.5 Å². The van der Waals surface area contributed by atoms with Gasteiger partial charge in [-0.15, -0.1) is 0 Å². The fourth-order valence-corrected chi connectivity index (χ4v) is 6.05. The first-order chi connectivity index (χ1) is 23.4. The van der Waals surface area contributed by atoms with E-state index < -0.39 is 0 Å². The van der Waals surface area contributed by atoms with Gasteiger partial charge < -0.3 is 27.0 Å². The minimum atomic E-state index is -0.358. The Balaban J connectivity index is 1.70. The zero-order valence-electron chi connectivity index (χ0n) is 30.1. The number of nitrogens with one attached hydrogen (secondary N) is 2. The molecule has 268 valence electrons. The number of nitrogens with zero attached hydrogens (tertiary/aromatic N) is 1. The van der Waals surface area contributed by atoms with Crippen LogP contribution in [0, 0.1) is 0 Å². The third kappa shape index (κ3) is 19.6. The van der Waals surface area contributed by atoms with Crippen molar-refractivity contribution in [3.8, 4) is 0 Å². The molecule has 0 aliphatic heterocycles. The number of unbranched alkanes of at least 4 members (excludes halogenated alkanes) is 12. The number of hydrogen-bond donors (Lipinski definition) is 4. The van der Waals surface area contributed by atoms with Crippen molar-refractivity contribution in [2.75, 3.05) is 26.2 Å². The maximum Gasteiger partial charge on any atom is 0.278 e. The first kappa shape index (κ1) is 40.9. The van der Waals surface area contributed by atoms with Crippen LogP contribution in [0.15, 0.2) is 60.7 Å². The van der Waals surface area contributed by atoms with Crippen LogP contribution in [0.2, 0.25) is 0 Å². The normalized spacial score (nSPS) is 12.3. The van der Waals surface area contributed by atoms with Crippen molar-refractivity contribution in [2.45, 2.75) is 135 Å². The molecule has 2 aromatic carbocycles. The standard InChI is InChI=1S/C40H65N5O3/c1-2-3-4-5-6-7-8-9-10-11-12-13-20-27-38(46)45(30-21-28-43-39(47)36(41)32-34-23-16-14-17-24-34)31-22-29-44-40(48)37(42)33-35-25-18-15-19-26-35/h14-19,23-26,36-37H,2-13,20-22,27-33,41-42H2,1H3,(H,43,47)(H,44,48)/p+2/t36-,37-/m0/s1. The summed E-state index contributed by atoms with van der Waals surface area (Å²) >= 11 is 0. The van der Waals surface area contributed by atoms with Crippen LogP contribution in [0.25, 0.3) is 0 Å². The molecule has 0 saturated heterocycles. The molecule has 0 aliphatic carbocycles. The molecule has 48 heavy (non-hydrogen) atoms. The summed E-state index contributed by atoms with van der Waals surface area (Å²) in [5, 5.41) is 6.01. The summed E-state index contributed by atoms with van der Waals surface area (Å²) in [6.45, 7) is 4.43. The van der Waals surface area contributed by atoms with Gasteiger partial charge in [-0.05, 0) is 30.4 Å². The lowest BCUT2D eigenvalue weighted by Crippen LogP contribution is -2.68. The van der Waals surface area contributed by atoms with E-state index in [1.165, 1.54) is 70.6 Å². The largest absolute Gasteiger partial charge is 0.351 e. The van der Waals surface area contributed by atoms with Gasteiger partial charge in [0.1, 0.15) is 0 Å². The SMILES string of the molecule is CCCCCCCCCCCCCCCC(=O)N(CCCNC(=O)[C@@H]([NH3+])Cc1ccccc1)CCCNC(=O)[C@@H]([NH3+])Cc1ccccc1. The number of quaternary nitrogens is 2. The summed E-state index contributed by atoms with van der Waals surface area (Å²) < 4.78 is 0. The number of benzene rings is 2. The van der Waals surface area contributed by atoms with Crippen molar-refractivity contribution < 1.29 is 25.9 Å². The molecule has 2 atom stereocenters. The molecule has 0 unspecified atom stereocenters. The van der Waals surface area contributed by atoms with Gasteiger partial charge in [-0.2, -0.15) is 0 Å². The number of amides is 3. The molecule has 0 aliphatic rings. The Hall–Kier alpha value is -3.23. The van der Waals surface area contributed by atoms with Crippen LogP contribution in [0.5, 0.6) is 0 Å². The van der Waals surface area contributed by atoms with Crippen LogP contribution in [0.1, 0.15) is 121 Å². The van der Waals surface area contributed by atoms with Gasteiger partial charge in [0.25, 0.3) is 11.8 Å². The molecule has 8 N–H and O–H groups in total. The molecule has 0 bridgehead atoms. The molecular formula is C40H67N5O3+2. The predicted octanol–water partition coefficient (Wildman–Crippen LogP) is 5.02. The molecule has 0 fully saturated rings. The molecule has 0 spiro atoms. The van der Waals surface area contributed by atoms with Crippen molar-refractivity contribution in [3.63, 3.8) is 0 Å². The van der Waals surface area contributed by atoms with Crippen LogP contribution in [0.4, 0.5) is 0 Å². The zero-order chi connectivity index (χ0) is 34.7. The summed E-state index contributed by atoms with van der Waals surface area (Å²) in [6, 6.07) is 19.1. The second kappa shape index (κ2) is 26.7. The zero-order valence-corrected chi connectivity index (χ0v) is 30.1. The monoisotopic (exact) mass is 666 g/mol. The summed E-state index contributed by atoms with van der Waals surface area (Å²) in [7, 11) is 0. The second-order valence-electron chi connectivity index (χ2n) is 13.4. The third-order valence-electron chi connectivity index (χ3n) is 9.05. The van der Waals surface area contributed by atoms with E-state index in [0.717, 1.165) is 24.0 Å². The number of carbonyl (C=O) groups excluding carboxylic acids is 3. The summed E-state index contributed by atoms with van der Waals surface area (Å²) in [4.78, 5) is 40.4. The molecule has 2 aromatic rings. The van der Waals surface area contributed by atoms with Crippen LogP contribution < -0.4 is 22.1 Å². The molecule has 3 amide bonds. The first-order valence-corrected chi connectivity index (χ1v) is 19.0. The third-order valence-corrected chi connectivity index (χ3v) is 9.05. The molecule has 2 rings (SSSR count). The second-order valence-corrected chi connectivity index (χ2v) is 13.4. The van der Waals surface area contributed by atoms with E-state index in [0.29, 0.717) is 58.3 Å². The van der Waals surface area contributed by atoms with Gasteiger partial charge in [-0.1, -0.05) is 145 Å². The van der Waals surface area contributed by atoms with Gasteiger partial charge in [-0.3, -0.25) is 14.4 Å². The summed E-state index contributed by atoms with van der Waals surface area (Å²) in [5.74, 6) is 0.0308. The van der Waals surface area contributed by atoms with Crippen molar-refractivity contribution in [1.29, 1.82) is 0 Å². The van der Waals surface area contributed by atoms with Crippen LogP contribution >= 0.6 is 0 Å². The molecule has 8 nitrogen and oxygen atoms in total. The Bertz CT molecular complexity index is 1050. The van der Waals surface area contributed by atoms with Crippen LogP contribution in [-0.4, -0.2) is 60.9 Å². The lowest BCUT2D eigenvalue weighted by Gasteiger charge is -2.23. The minimum Gasteiger partial charge on any atom is -0.351 e. The highest BCUT2D eigenvalue weighted by Crippen LogP contribution is 2.14. The van der Waals surface area contributed by atoms with E-state index in [1.807, 2.05) is 65.6 Å². The van der Waals surface area contributed by atoms with Gasteiger partial charge >= 0.3 is 0 Å².